The number of amides is 1. The van der Waals surface area contributed by atoms with E-state index >= 15 is 0 Å². The van der Waals surface area contributed by atoms with E-state index in [9.17, 15) is 9.59 Å². The number of likely N-dealkylation sites (N-methyl/N-ethyl adjacent to an activating group) is 1. The zero-order valence-electron chi connectivity index (χ0n) is 12.7. The first-order valence-corrected chi connectivity index (χ1v) is 6.66. The Balaban J connectivity index is 2.57. The molecule has 0 aliphatic rings. The molecule has 7 heteroatoms. The summed E-state index contributed by atoms with van der Waals surface area (Å²) in [5.41, 5.74) is 0. The van der Waals surface area contributed by atoms with Gasteiger partial charge in [0, 0.05) is 13.1 Å². The van der Waals surface area contributed by atoms with Crippen LogP contribution in [0.1, 0.15) is 11.5 Å². The molecule has 118 valence electrons. The smallest absolute Gasteiger partial charge is 0.329 e. The van der Waals surface area contributed by atoms with Gasteiger partial charge in [-0.2, -0.15) is 0 Å². The number of nitrogens with zero attached hydrogens (tertiary/aromatic N) is 2. The number of hydrogen-bond donors (Lipinski definition) is 1. The molecule has 21 heavy (non-hydrogen) atoms. The molecule has 1 rings (SSSR count). The number of rotatable bonds is 9. The molecular weight excluding hydrogens is 276 g/mol. The van der Waals surface area contributed by atoms with Crippen molar-refractivity contribution in [1.29, 1.82) is 0 Å². The Morgan fingerprint density at radius 2 is 1.95 bits per heavy atom. The van der Waals surface area contributed by atoms with Crippen molar-refractivity contribution >= 4 is 11.9 Å². The van der Waals surface area contributed by atoms with Crippen LogP contribution in [0, 0.1) is 6.92 Å². The van der Waals surface area contributed by atoms with Gasteiger partial charge in [-0.05, 0) is 33.2 Å². The summed E-state index contributed by atoms with van der Waals surface area (Å²) in [5, 5.41) is 8.51. The number of carboxylic acid groups (broad SMARTS) is 1. The predicted octanol–water partition coefficient (Wildman–Crippen LogP) is 0.579. The highest BCUT2D eigenvalue weighted by atomic mass is 16.5. The summed E-state index contributed by atoms with van der Waals surface area (Å²) >= 11 is 0. The van der Waals surface area contributed by atoms with E-state index in [0.29, 0.717) is 25.4 Å². The molecule has 1 amide bonds. The van der Waals surface area contributed by atoms with Gasteiger partial charge in [0.15, 0.2) is 0 Å². The average Bonchev–Trinajstić information content (AvgIpc) is 2.79. The Labute approximate surface area is 124 Å². The van der Waals surface area contributed by atoms with E-state index in [0.717, 1.165) is 5.76 Å². The summed E-state index contributed by atoms with van der Waals surface area (Å²) in [5.74, 6) is 0.126. The second kappa shape index (κ2) is 8.43. The van der Waals surface area contributed by atoms with E-state index in [4.69, 9.17) is 14.3 Å². The lowest BCUT2D eigenvalue weighted by molar-refractivity contribution is -0.146. The van der Waals surface area contributed by atoms with Crippen LogP contribution in [0.25, 0.3) is 0 Å². The normalized spacial score (nSPS) is 10.9. The van der Waals surface area contributed by atoms with E-state index in [-0.39, 0.29) is 12.5 Å². The van der Waals surface area contributed by atoms with Crippen LogP contribution < -0.4 is 0 Å². The van der Waals surface area contributed by atoms with Crippen molar-refractivity contribution in [3.8, 4) is 0 Å². The molecule has 1 N–H and O–H groups in total. The molecule has 0 saturated carbocycles. The van der Waals surface area contributed by atoms with Crippen LogP contribution in [-0.4, -0.2) is 67.2 Å². The maximum Gasteiger partial charge on any atom is 0.329 e. The quantitative estimate of drug-likeness (QED) is 0.718. The SMILES string of the molecule is Cc1ccc(CN(CCN(C)C)C(=O)COCC(=O)O)o1. The molecule has 0 atom stereocenters. The van der Waals surface area contributed by atoms with Crippen LogP contribution in [0.3, 0.4) is 0 Å². The highest BCUT2D eigenvalue weighted by molar-refractivity contribution is 5.78. The van der Waals surface area contributed by atoms with Gasteiger partial charge in [0.1, 0.15) is 24.7 Å². The molecule has 0 unspecified atom stereocenters. The van der Waals surface area contributed by atoms with Gasteiger partial charge in [0.05, 0.1) is 6.54 Å². The number of carbonyl (C=O) groups is 2. The van der Waals surface area contributed by atoms with Crippen molar-refractivity contribution in [1.82, 2.24) is 9.80 Å². The Hall–Kier alpha value is -1.86. The van der Waals surface area contributed by atoms with Gasteiger partial charge in [-0.1, -0.05) is 0 Å². The van der Waals surface area contributed by atoms with E-state index in [1.165, 1.54) is 0 Å². The number of furan rings is 1. The molecule has 1 heterocycles. The summed E-state index contributed by atoms with van der Waals surface area (Å²) in [4.78, 5) is 26.0. The lowest BCUT2D eigenvalue weighted by atomic mass is 10.3. The fourth-order valence-electron chi connectivity index (χ4n) is 1.69. The highest BCUT2D eigenvalue weighted by Gasteiger charge is 2.16. The van der Waals surface area contributed by atoms with Crippen LogP contribution >= 0.6 is 0 Å². The van der Waals surface area contributed by atoms with Crippen LogP contribution in [0.5, 0.6) is 0 Å². The van der Waals surface area contributed by atoms with Crippen LogP contribution in [-0.2, 0) is 20.9 Å². The van der Waals surface area contributed by atoms with Crippen molar-refractivity contribution in [2.75, 3.05) is 40.4 Å². The summed E-state index contributed by atoms with van der Waals surface area (Å²) in [6, 6.07) is 3.66. The summed E-state index contributed by atoms with van der Waals surface area (Å²) in [6.45, 7) is 2.67. The van der Waals surface area contributed by atoms with Gasteiger partial charge in [-0.15, -0.1) is 0 Å². The molecular formula is C14H22N2O5. The topological polar surface area (TPSA) is 83.2 Å². The molecule has 1 aromatic rings. The third kappa shape index (κ3) is 6.92. The number of hydrogen-bond acceptors (Lipinski definition) is 5. The number of carboxylic acids is 1. The Bertz CT molecular complexity index is 470. The first-order valence-electron chi connectivity index (χ1n) is 6.66. The third-order valence-electron chi connectivity index (χ3n) is 2.76. The minimum Gasteiger partial charge on any atom is -0.480 e. The third-order valence-corrected chi connectivity index (χ3v) is 2.76. The van der Waals surface area contributed by atoms with Crippen LogP contribution in [0.4, 0.5) is 0 Å². The zero-order chi connectivity index (χ0) is 15.8. The fourth-order valence-corrected chi connectivity index (χ4v) is 1.69. The molecule has 0 spiro atoms. The van der Waals surface area contributed by atoms with Gasteiger partial charge in [0.2, 0.25) is 5.91 Å². The second-order valence-electron chi connectivity index (χ2n) is 5.02. The largest absolute Gasteiger partial charge is 0.480 e. The standard InChI is InChI=1S/C14H22N2O5/c1-11-4-5-12(21-11)8-16(7-6-15(2)3)13(17)9-20-10-14(18)19/h4-5H,6-10H2,1-3H3,(H,18,19). The summed E-state index contributed by atoms with van der Waals surface area (Å²) in [7, 11) is 3.83. The van der Waals surface area contributed by atoms with E-state index in [1.54, 1.807) is 4.90 Å². The van der Waals surface area contributed by atoms with Gasteiger partial charge in [-0.25, -0.2) is 4.79 Å². The lowest BCUT2D eigenvalue weighted by Crippen LogP contribution is -2.38. The second-order valence-corrected chi connectivity index (χ2v) is 5.02. The summed E-state index contributed by atoms with van der Waals surface area (Å²) in [6.07, 6.45) is 0. The van der Waals surface area contributed by atoms with Gasteiger partial charge in [0.25, 0.3) is 0 Å². The highest BCUT2D eigenvalue weighted by Crippen LogP contribution is 2.10. The van der Waals surface area contributed by atoms with Gasteiger partial charge in [-0.3, -0.25) is 4.79 Å². The van der Waals surface area contributed by atoms with Crippen LogP contribution in [0.15, 0.2) is 16.5 Å². The number of ether oxygens (including phenoxy) is 1. The lowest BCUT2D eigenvalue weighted by Gasteiger charge is -2.23. The fraction of sp³-hybridized carbons (Fsp3) is 0.571. The first-order chi connectivity index (χ1) is 9.88. The monoisotopic (exact) mass is 298 g/mol. The van der Waals surface area contributed by atoms with Gasteiger partial charge < -0.3 is 24.1 Å². The predicted molar refractivity (Wildman–Crippen MR) is 75.9 cm³/mol. The Morgan fingerprint density at radius 3 is 2.48 bits per heavy atom. The Kier molecular flexibility index (Phi) is 6.90. The molecule has 1 aromatic heterocycles. The molecule has 7 nitrogen and oxygen atoms in total. The van der Waals surface area contributed by atoms with Crippen molar-refractivity contribution in [3.05, 3.63) is 23.7 Å². The molecule has 0 aromatic carbocycles. The summed E-state index contributed by atoms with van der Waals surface area (Å²) < 4.78 is 10.3. The molecule has 0 aliphatic heterocycles. The molecule has 0 aliphatic carbocycles. The number of aliphatic carboxylic acids is 1. The zero-order valence-corrected chi connectivity index (χ0v) is 12.7. The molecule has 0 radical (unpaired) electrons. The molecule has 0 saturated heterocycles. The van der Waals surface area contributed by atoms with E-state index in [1.807, 2.05) is 38.1 Å². The maximum absolute atomic E-state index is 12.1. The van der Waals surface area contributed by atoms with Crippen molar-refractivity contribution in [3.63, 3.8) is 0 Å². The maximum atomic E-state index is 12.1. The number of aryl methyl sites for hydroxylation is 1. The minimum absolute atomic E-state index is 0.251. The number of carbonyl (C=O) groups excluding carboxylic acids is 1. The molecule has 0 fully saturated rings. The average molecular weight is 298 g/mol. The van der Waals surface area contributed by atoms with Crippen molar-refractivity contribution < 1.29 is 23.8 Å². The van der Waals surface area contributed by atoms with Crippen LogP contribution in [0.2, 0.25) is 0 Å². The van der Waals surface area contributed by atoms with E-state index in [2.05, 4.69) is 0 Å². The minimum atomic E-state index is -1.09. The van der Waals surface area contributed by atoms with Gasteiger partial charge >= 0.3 is 5.97 Å². The first kappa shape index (κ1) is 17.2. The van der Waals surface area contributed by atoms with E-state index < -0.39 is 12.6 Å². The van der Waals surface area contributed by atoms with Crippen molar-refractivity contribution in [2.45, 2.75) is 13.5 Å². The Morgan fingerprint density at radius 1 is 1.24 bits per heavy atom. The van der Waals surface area contributed by atoms with Crippen molar-refractivity contribution in [2.24, 2.45) is 0 Å². The molecule has 0 bridgehead atoms.